The van der Waals surface area contributed by atoms with Gasteiger partial charge in [-0.25, -0.2) is 0 Å². The van der Waals surface area contributed by atoms with E-state index >= 15 is 0 Å². The van der Waals surface area contributed by atoms with Gasteiger partial charge in [0.05, 0.1) is 5.56 Å². The van der Waals surface area contributed by atoms with Gasteiger partial charge in [-0.05, 0) is 36.8 Å². The molecule has 1 saturated heterocycles. The minimum atomic E-state index is -0.102. The Morgan fingerprint density at radius 1 is 1.41 bits per heavy atom. The molecule has 1 amide bonds. The van der Waals surface area contributed by atoms with Crippen LogP contribution in [0.15, 0.2) is 18.2 Å². The number of amides is 1. The van der Waals surface area contributed by atoms with E-state index in [1.807, 2.05) is 11.8 Å². The van der Waals surface area contributed by atoms with Crippen molar-refractivity contribution in [1.29, 1.82) is 0 Å². The SMILES string of the molecule is Nc1ccc(C(=O)NC2CCCSC2)c(N)c1. The van der Waals surface area contributed by atoms with Crippen LogP contribution in [0.4, 0.5) is 11.4 Å². The second kappa shape index (κ2) is 5.31. The van der Waals surface area contributed by atoms with Crippen LogP contribution in [0.1, 0.15) is 23.2 Å². The number of nitrogens with two attached hydrogens (primary N) is 2. The van der Waals surface area contributed by atoms with Crippen molar-refractivity contribution in [2.45, 2.75) is 18.9 Å². The van der Waals surface area contributed by atoms with Crippen molar-refractivity contribution < 1.29 is 4.79 Å². The van der Waals surface area contributed by atoms with E-state index in [0.29, 0.717) is 16.9 Å². The molecular formula is C12H17N3OS. The van der Waals surface area contributed by atoms with E-state index in [1.165, 1.54) is 5.75 Å². The Bertz CT molecular complexity index is 416. The van der Waals surface area contributed by atoms with Gasteiger partial charge in [-0.3, -0.25) is 4.79 Å². The van der Waals surface area contributed by atoms with Gasteiger partial charge in [-0.15, -0.1) is 0 Å². The van der Waals surface area contributed by atoms with E-state index in [0.717, 1.165) is 18.6 Å². The molecule has 4 nitrogen and oxygen atoms in total. The molecule has 0 radical (unpaired) electrons. The number of carbonyl (C=O) groups excluding carboxylic acids is 1. The Kier molecular flexibility index (Phi) is 3.78. The molecule has 0 bridgehead atoms. The van der Waals surface area contributed by atoms with Crippen LogP contribution >= 0.6 is 11.8 Å². The lowest BCUT2D eigenvalue weighted by Crippen LogP contribution is -2.38. The average Bonchev–Trinajstić information content (AvgIpc) is 2.30. The molecule has 2 rings (SSSR count). The number of thioether (sulfide) groups is 1. The minimum Gasteiger partial charge on any atom is -0.399 e. The summed E-state index contributed by atoms with van der Waals surface area (Å²) in [6.45, 7) is 0. The summed E-state index contributed by atoms with van der Waals surface area (Å²) in [5, 5.41) is 3.01. The van der Waals surface area contributed by atoms with Crippen LogP contribution in [0.3, 0.4) is 0 Å². The number of benzene rings is 1. The van der Waals surface area contributed by atoms with Gasteiger partial charge in [0, 0.05) is 23.2 Å². The zero-order chi connectivity index (χ0) is 12.3. The van der Waals surface area contributed by atoms with E-state index in [2.05, 4.69) is 5.32 Å². The van der Waals surface area contributed by atoms with Crippen LogP contribution in [-0.4, -0.2) is 23.5 Å². The molecule has 0 spiro atoms. The fourth-order valence-corrected chi connectivity index (χ4v) is 2.98. The summed E-state index contributed by atoms with van der Waals surface area (Å²) in [5.41, 5.74) is 12.9. The summed E-state index contributed by atoms with van der Waals surface area (Å²) >= 11 is 1.88. The van der Waals surface area contributed by atoms with Crippen LogP contribution in [0.2, 0.25) is 0 Å². The maximum Gasteiger partial charge on any atom is 0.253 e. The fourth-order valence-electron chi connectivity index (χ4n) is 1.91. The highest BCUT2D eigenvalue weighted by molar-refractivity contribution is 7.99. The number of nitrogens with one attached hydrogen (secondary N) is 1. The fraction of sp³-hybridized carbons (Fsp3) is 0.417. The molecule has 1 fully saturated rings. The molecule has 1 aromatic carbocycles. The van der Waals surface area contributed by atoms with E-state index in [9.17, 15) is 4.79 Å². The maximum atomic E-state index is 12.0. The Labute approximate surface area is 105 Å². The van der Waals surface area contributed by atoms with Gasteiger partial charge in [0.15, 0.2) is 0 Å². The van der Waals surface area contributed by atoms with Crippen LogP contribution in [0, 0.1) is 0 Å². The van der Waals surface area contributed by atoms with Crippen LogP contribution < -0.4 is 16.8 Å². The molecule has 0 aliphatic carbocycles. The van der Waals surface area contributed by atoms with E-state index in [4.69, 9.17) is 11.5 Å². The smallest absolute Gasteiger partial charge is 0.253 e. The summed E-state index contributed by atoms with van der Waals surface area (Å²) in [6.07, 6.45) is 2.21. The topological polar surface area (TPSA) is 81.1 Å². The number of hydrogen-bond acceptors (Lipinski definition) is 4. The third-order valence-electron chi connectivity index (χ3n) is 2.82. The van der Waals surface area contributed by atoms with Crippen molar-refractivity contribution in [2.24, 2.45) is 0 Å². The normalized spacial score (nSPS) is 19.9. The lowest BCUT2D eigenvalue weighted by molar-refractivity contribution is 0.0939. The van der Waals surface area contributed by atoms with E-state index < -0.39 is 0 Å². The van der Waals surface area contributed by atoms with Gasteiger partial charge < -0.3 is 16.8 Å². The standard InChI is InChI=1S/C12H17N3OS/c13-8-3-4-10(11(14)6-8)12(16)15-9-2-1-5-17-7-9/h3-4,6,9H,1-2,5,7,13-14H2,(H,15,16). The van der Waals surface area contributed by atoms with Crippen molar-refractivity contribution in [3.05, 3.63) is 23.8 Å². The first-order chi connectivity index (χ1) is 8.16. The molecule has 17 heavy (non-hydrogen) atoms. The molecule has 1 aromatic rings. The van der Waals surface area contributed by atoms with Crippen LogP contribution in [-0.2, 0) is 0 Å². The summed E-state index contributed by atoms with van der Waals surface area (Å²) in [7, 11) is 0. The predicted octanol–water partition coefficient (Wildman–Crippen LogP) is 1.48. The molecule has 92 valence electrons. The number of carbonyl (C=O) groups is 1. The molecule has 5 heteroatoms. The summed E-state index contributed by atoms with van der Waals surface area (Å²) < 4.78 is 0. The maximum absolute atomic E-state index is 12.0. The Morgan fingerprint density at radius 2 is 2.24 bits per heavy atom. The number of anilines is 2. The predicted molar refractivity (Wildman–Crippen MR) is 73.1 cm³/mol. The summed E-state index contributed by atoms with van der Waals surface area (Å²) in [5.74, 6) is 2.08. The molecule has 1 atom stereocenters. The van der Waals surface area contributed by atoms with Gasteiger partial charge in [-0.1, -0.05) is 0 Å². The van der Waals surface area contributed by atoms with Crippen LogP contribution in [0.25, 0.3) is 0 Å². The minimum absolute atomic E-state index is 0.102. The Balaban J connectivity index is 2.03. The summed E-state index contributed by atoms with van der Waals surface area (Å²) in [6, 6.07) is 5.25. The molecule has 5 N–H and O–H groups in total. The van der Waals surface area contributed by atoms with Crippen molar-refractivity contribution in [3.63, 3.8) is 0 Å². The van der Waals surface area contributed by atoms with Gasteiger partial charge in [0.2, 0.25) is 0 Å². The number of nitrogen functional groups attached to an aromatic ring is 2. The van der Waals surface area contributed by atoms with Gasteiger partial charge in [0.25, 0.3) is 5.91 Å². The van der Waals surface area contributed by atoms with Gasteiger partial charge >= 0.3 is 0 Å². The lowest BCUT2D eigenvalue weighted by Gasteiger charge is -2.22. The molecule has 1 aliphatic rings. The van der Waals surface area contributed by atoms with Crippen LogP contribution in [0.5, 0.6) is 0 Å². The van der Waals surface area contributed by atoms with E-state index in [1.54, 1.807) is 18.2 Å². The molecule has 0 saturated carbocycles. The number of hydrogen-bond donors (Lipinski definition) is 3. The Morgan fingerprint density at radius 3 is 2.88 bits per heavy atom. The second-order valence-corrected chi connectivity index (χ2v) is 5.38. The van der Waals surface area contributed by atoms with Crippen molar-refractivity contribution >= 4 is 29.0 Å². The van der Waals surface area contributed by atoms with Crippen molar-refractivity contribution in [2.75, 3.05) is 23.0 Å². The zero-order valence-electron chi connectivity index (χ0n) is 9.61. The highest BCUT2D eigenvalue weighted by atomic mass is 32.2. The Hall–Kier alpha value is -1.36. The zero-order valence-corrected chi connectivity index (χ0v) is 10.4. The molecule has 1 unspecified atom stereocenters. The second-order valence-electron chi connectivity index (χ2n) is 4.23. The highest BCUT2D eigenvalue weighted by Gasteiger charge is 2.18. The van der Waals surface area contributed by atoms with Gasteiger partial charge in [-0.2, -0.15) is 11.8 Å². The highest BCUT2D eigenvalue weighted by Crippen LogP contribution is 2.19. The average molecular weight is 251 g/mol. The largest absolute Gasteiger partial charge is 0.399 e. The van der Waals surface area contributed by atoms with E-state index in [-0.39, 0.29) is 11.9 Å². The molecule has 0 aromatic heterocycles. The lowest BCUT2D eigenvalue weighted by atomic mass is 10.1. The quantitative estimate of drug-likeness (QED) is 0.695. The molecule has 1 heterocycles. The number of rotatable bonds is 2. The third kappa shape index (κ3) is 3.06. The first kappa shape index (κ1) is 12.1. The first-order valence-corrected chi connectivity index (χ1v) is 6.86. The third-order valence-corrected chi connectivity index (χ3v) is 4.03. The first-order valence-electron chi connectivity index (χ1n) is 5.70. The van der Waals surface area contributed by atoms with Gasteiger partial charge in [0.1, 0.15) is 0 Å². The molecule has 1 aliphatic heterocycles. The molecular weight excluding hydrogens is 234 g/mol. The summed E-state index contributed by atoms with van der Waals surface area (Å²) in [4.78, 5) is 12.0. The van der Waals surface area contributed by atoms with Crippen molar-refractivity contribution in [3.8, 4) is 0 Å². The van der Waals surface area contributed by atoms with Crippen molar-refractivity contribution in [1.82, 2.24) is 5.32 Å². The monoisotopic (exact) mass is 251 g/mol.